The second kappa shape index (κ2) is 10.3. The maximum atomic E-state index is 13.4. The van der Waals surface area contributed by atoms with Gasteiger partial charge in [0.15, 0.2) is 0 Å². The van der Waals surface area contributed by atoms with Crippen molar-refractivity contribution in [1.29, 1.82) is 0 Å². The van der Waals surface area contributed by atoms with Crippen molar-refractivity contribution >= 4 is 50.5 Å². The molecule has 0 bridgehead atoms. The Balaban J connectivity index is 1.99. The number of carbonyl (C=O) groups excluding carboxylic acids is 1. The average molecular weight is 547 g/mol. The molecule has 186 valence electrons. The molecule has 0 aliphatic rings. The maximum Gasteiger partial charge on any atom is 0.416 e. The molecule has 0 fully saturated rings. The van der Waals surface area contributed by atoms with E-state index in [9.17, 15) is 26.4 Å². The molecule has 6 nitrogen and oxygen atoms in total. The fourth-order valence-corrected chi connectivity index (χ4v) is 4.91. The molecular weight excluding hydrogens is 528 g/mol. The quantitative estimate of drug-likeness (QED) is 0.385. The van der Waals surface area contributed by atoms with Crippen LogP contribution in [0.3, 0.4) is 0 Å². The van der Waals surface area contributed by atoms with Gasteiger partial charge in [0.25, 0.3) is 10.0 Å². The highest BCUT2D eigenvalue weighted by atomic mass is 35.5. The summed E-state index contributed by atoms with van der Waals surface area (Å²) in [5.74, 6) is -0.642. The largest absolute Gasteiger partial charge is 0.495 e. The van der Waals surface area contributed by atoms with Crippen LogP contribution in [0.25, 0.3) is 0 Å². The number of methoxy groups -OCH3 is 1. The number of nitrogens with zero attached hydrogens (tertiary/aromatic N) is 1. The summed E-state index contributed by atoms with van der Waals surface area (Å²) in [5, 5.41) is 2.20. The molecule has 0 aromatic heterocycles. The van der Waals surface area contributed by atoms with Crippen molar-refractivity contribution in [1.82, 2.24) is 0 Å². The Hall–Kier alpha value is -2.95. The van der Waals surface area contributed by atoms with Gasteiger partial charge in [0.2, 0.25) is 5.91 Å². The topological polar surface area (TPSA) is 75.7 Å². The van der Waals surface area contributed by atoms with E-state index in [0.29, 0.717) is 6.07 Å². The van der Waals surface area contributed by atoms with Crippen molar-refractivity contribution in [3.63, 3.8) is 0 Å². The first-order chi connectivity index (χ1) is 16.3. The van der Waals surface area contributed by atoms with E-state index in [1.54, 1.807) is 19.1 Å². The smallest absolute Gasteiger partial charge is 0.416 e. The third kappa shape index (κ3) is 6.19. The van der Waals surface area contributed by atoms with Gasteiger partial charge in [-0.1, -0.05) is 40.9 Å². The lowest BCUT2D eigenvalue weighted by Crippen LogP contribution is -2.38. The first kappa shape index (κ1) is 26.7. The summed E-state index contributed by atoms with van der Waals surface area (Å²) in [6.07, 6.45) is -4.66. The molecular formula is C23H19Cl2F3N2O4S. The number of carbonyl (C=O) groups is 1. The lowest BCUT2D eigenvalue weighted by atomic mass is 10.2. The molecule has 0 spiro atoms. The van der Waals surface area contributed by atoms with Gasteiger partial charge in [-0.15, -0.1) is 0 Å². The number of aryl methyl sites for hydroxylation is 1. The van der Waals surface area contributed by atoms with Crippen LogP contribution < -0.4 is 14.4 Å². The second-order valence-electron chi connectivity index (χ2n) is 7.38. The van der Waals surface area contributed by atoms with E-state index in [1.807, 2.05) is 0 Å². The zero-order valence-electron chi connectivity index (χ0n) is 18.4. The number of nitrogens with one attached hydrogen (secondary N) is 1. The van der Waals surface area contributed by atoms with Crippen LogP contribution >= 0.6 is 23.2 Å². The predicted molar refractivity (Wildman–Crippen MR) is 129 cm³/mol. The van der Waals surface area contributed by atoms with Gasteiger partial charge in [0.05, 0.1) is 39.0 Å². The number of alkyl halides is 3. The van der Waals surface area contributed by atoms with Gasteiger partial charge < -0.3 is 10.1 Å². The molecule has 0 aliphatic carbocycles. The Labute approximate surface area is 210 Å². The lowest BCUT2D eigenvalue weighted by Gasteiger charge is -2.25. The molecule has 35 heavy (non-hydrogen) atoms. The molecule has 0 saturated heterocycles. The van der Waals surface area contributed by atoms with E-state index in [2.05, 4.69) is 5.32 Å². The van der Waals surface area contributed by atoms with Crippen molar-refractivity contribution in [2.45, 2.75) is 18.0 Å². The summed E-state index contributed by atoms with van der Waals surface area (Å²) in [6, 6.07) is 12.5. The standard InChI is InChI=1S/C23H19Cl2F3N2O4S/c1-14-3-7-17(8-4-14)35(32,33)30(16-6-10-21(34-2)19(25)12-16)13-22(31)29-20-11-15(23(26,27)28)5-9-18(20)24/h3-12H,13H2,1-2H3,(H,29,31). The zero-order valence-corrected chi connectivity index (χ0v) is 20.7. The predicted octanol–water partition coefficient (Wildman–Crippen LogP) is 6.16. The highest BCUT2D eigenvalue weighted by Crippen LogP contribution is 2.35. The molecule has 3 rings (SSSR count). The first-order valence-electron chi connectivity index (χ1n) is 9.92. The summed E-state index contributed by atoms with van der Waals surface area (Å²) in [5.41, 5.74) is -0.475. The van der Waals surface area contributed by atoms with Gasteiger partial charge >= 0.3 is 6.18 Å². The molecule has 0 radical (unpaired) electrons. The fourth-order valence-electron chi connectivity index (χ4n) is 3.08. The van der Waals surface area contributed by atoms with Crippen molar-refractivity contribution in [3.8, 4) is 5.75 Å². The number of amides is 1. The Bertz CT molecular complexity index is 1350. The minimum atomic E-state index is -4.66. The summed E-state index contributed by atoms with van der Waals surface area (Å²) in [7, 11) is -2.89. The number of ether oxygens (including phenoxy) is 1. The summed E-state index contributed by atoms with van der Waals surface area (Å²) in [6.45, 7) is 1.01. The minimum Gasteiger partial charge on any atom is -0.495 e. The van der Waals surface area contributed by atoms with E-state index >= 15 is 0 Å². The summed E-state index contributed by atoms with van der Waals surface area (Å²) >= 11 is 12.1. The number of halogens is 5. The Morgan fingerprint density at radius 2 is 1.66 bits per heavy atom. The number of anilines is 2. The average Bonchev–Trinajstić information content (AvgIpc) is 2.78. The van der Waals surface area contributed by atoms with Gasteiger partial charge in [0, 0.05) is 0 Å². The van der Waals surface area contributed by atoms with Crippen molar-refractivity contribution in [2.75, 3.05) is 23.3 Å². The maximum absolute atomic E-state index is 13.4. The highest BCUT2D eigenvalue weighted by Gasteiger charge is 2.32. The number of rotatable bonds is 7. The Morgan fingerprint density at radius 1 is 1.00 bits per heavy atom. The van der Waals surface area contributed by atoms with Crippen LogP contribution in [-0.4, -0.2) is 28.0 Å². The molecule has 0 aliphatic heterocycles. The molecule has 3 aromatic carbocycles. The van der Waals surface area contributed by atoms with Crippen molar-refractivity contribution in [2.24, 2.45) is 0 Å². The molecule has 0 heterocycles. The molecule has 0 atom stereocenters. The Kier molecular flexibility index (Phi) is 7.88. The van der Waals surface area contributed by atoms with Crippen LogP contribution in [0.2, 0.25) is 10.0 Å². The van der Waals surface area contributed by atoms with E-state index < -0.39 is 34.2 Å². The SMILES string of the molecule is COc1ccc(N(CC(=O)Nc2cc(C(F)(F)F)ccc2Cl)S(=O)(=O)c2ccc(C)cc2)cc1Cl. The van der Waals surface area contributed by atoms with E-state index in [1.165, 1.54) is 37.4 Å². The molecule has 0 saturated carbocycles. The Morgan fingerprint density at radius 3 is 2.23 bits per heavy atom. The monoisotopic (exact) mass is 546 g/mol. The zero-order chi connectivity index (χ0) is 26.0. The summed E-state index contributed by atoms with van der Waals surface area (Å²) in [4.78, 5) is 12.7. The number of hydrogen-bond acceptors (Lipinski definition) is 4. The number of benzene rings is 3. The number of hydrogen-bond donors (Lipinski definition) is 1. The van der Waals surface area contributed by atoms with Crippen LogP contribution in [0.15, 0.2) is 65.6 Å². The van der Waals surface area contributed by atoms with E-state index in [-0.39, 0.29) is 32.1 Å². The molecule has 12 heteroatoms. The van der Waals surface area contributed by atoms with Gasteiger partial charge in [-0.25, -0.2) is 8.42 Å². The van der Waals surface area contributed by atoms with Gasteiger partial charge in [-0.2, -0.15) is 13.2 Å². The molecule has 3 aromatic rings. The van der Waals surface area contributed by atoms with Crippen molar-refractivity contribution < 1.29 is 31.1 Å². The van der Waals surface area contributed by atoms with Gasteiger partial charge in [-0.3, -0.25) is 9.10 Å². The van der Waals surface area contributed by atoms with Crippen LogP contribution in [0.4, 0.5) is 24.5 Å². The van der Waals surface area contributed by atoms with E-state index in [4.69, 9.17) is 27.9 Å². The first-order valence-corrected chi connectivity index (χ1v) is 12.1. The van der Waals surface area contributed by atoms with Gasteiger partial charge in [0.1, 0.15) is 12.3 Å². The highest BCUT2D eigenvalue weighted by molar-refractivity contribution is 7.92. The normalized spacial score (nSPS) is 11.7. The molecule has 1 amide bonds. The van der Waals surface area contributed by atoms with E-state index in [0.717, 1.165) is 22.0 Å². The van der Waals surface area contributed by atoms with Crippen LogP contribution in [0.1, 0.15) is 11.1 Å². The van der Waals surface area contributed by atoms with Crippen LogP contribution in [0.5, 0.6) is 5.75 Å². The molecule has 1 N–H and O–H groups in total. The molecule has 0 unspecified atom stereocenters. The fraction of sp³-hybridized carbons (Fsp3) is 0.174. The third-order valence-electron chi connectivity index (χ3n) is 4.89. The lowest BCUT2D eigenvalue weighted by molar-refractivity contribution is -0.137. The number of sulfonamides is 1. The minimum absolute atomic E-state index is 0.0432. The summed E-state index contributed by atoms with van der Waals surface area (Å²) < 4.78 is 72.0. The van der Waals surface area contributed by atoms with Crippen molar-refractivity contribution in [3.05, 3.63) is 81.8 Å². The van der Waals surface area contributed by atoms with Gasteiger partial charge in [-0.05, 0) is 55.5 Å². The van der Waals surface area contributed by atoms with Crippen LogP contribution in [0, 0.1) is 6.92 Å². The second-order valence-corrected chi connectivity index (χ2v) is 10.1. The third-order valence-corrected chi connectivity index (χ3v) is 7.30. The van der Waals surface area contributed by atoms with Crippen LogP contribution in [-0.2, 0) is 21.0 Å².